The molecule has 5 aromatic rings. The molecule has 1 atom stereocenters. The first-order valence-corrected chi connectivity index (χ1v) is 14.9. The molecule has 5 rings (SSSR count). The third-order valence-electron chi connectivity index (χ3n) is 7.65. The van der Waals surface area contributed by atoms with Crippen molar-refractivity contribution < 1.29 is 23.9 Å². The quantitative estimate of drug-likeness (QED) is 0.140. The molecule has 0 bridgehead atoms. The molecule has 1 heterocycles. The minimum absolute atomic E-state index is 0.0114. The summed E-state index contributed by atoms with van der Waals surface area (Å²) in [5, 5.41) is 12.8. The van der Waals surface area contributed by atoms with Crippen molar-refractivity contribution in [1.82, 2.24) is 9.88 Å². The van der Waals surface area contributed by atoms with Gasteiger partial charge in [-0.15, -0.1) is 0 Å². The topological polar surface area (TPSA) is 88.4 Å². The van der Waals surface area contributed by atoms with Gasteiger partial charge in [0, 0.05) is 34.1 Å². The van der Waals surface area contributed by atoms with Crippen molar-refractivity contribution in [3.63, 3.8) is 0 Å². The predicted molar refractivity (Wildman–Crippen MR) is 171 cm³/mol. The second-order valence-corrected chi connectivity index (χ2v) is 11.2. The van der Waals surface area contributed by atoms with Gasteiger partial charge in [-0.25, -0.2) is 4.39 Å². The van der Waals surface area contributed by atoms with Gasteiger partial charge in [0.25, 0.3) is 5.91 Å². The number of fused-ring (bicyclic) bond motifs is 1. The lowest BCUT2D eigenvalue weighted by Crippen LogP contribution is -2.26. The van der Waals surface area contributed by atoms with Crippen molar-refractivity contribution in [2.45, 2.75) is 32.6 Å². The van der Waals surface area contributed by atoms with E-state index in [4.69, 9.17) is 16.7 Å². The number of Topliss-reactive ketones (excluding diaryl/α,β-unsaturated/α-hetero) is 1. The van der Waals surface area contributed by atoms with Crippen molar-refractivity contribution in [2.75, 3.05) is 6.54 Å². The van der Waals surface area contributed by atoms with E-state index in [1.807, 2.05) is 72.2 Å². The van der Waals surface area contributed by atoms with Crippen LogP contribution in [0, 0.1) is 11.7 Å². The van der Waals surface area contributed by atoms with Crippen molar-refractivity contribution in [3.8, 4) is 16.8 Å². The van der Waals surface area contributed by atoms with Crippen LogP contribution >= 0.6 is 11.6 Å². The summed E-state index contributed by atoms with van der Waals surface area (Å²) in [4.78, 5) is 37.3. The van der Waals surface area contributed by atoms with E-state index < -0.39 is 5.97 Å². The molecule has 8 heteroatoms. The van der Waals surface area contributed by atoms with Crippen molar-refractivity contribution in [2.24, 2.45) is 5.92 Å². The number of aliphatic carboxylic acids is 1. The molecule has 1 amide bonds. The van der Waals surface area contributed by atoms with Gasteiger partial charge < -0.3 is 15.0 Å². The molecule has 0 aliphatic heterocycles. The molecule has 0 aliphatic carbocycles. The van der Waals surface area contributed by atoms with Gasteiger partial charge in [-0.3, -0.25) is 14.4 Å². The molecule has 224 valence electrons. The summed E-state index contributed by atoms with van der Waals surface area (Å²) in [5.41, 5.74) is 5.43. The number of carbonyl (C=O) groups excluding carboxylic acids is 2. The number of rotatable bonds is 12. The maximum absolute atomic E-state index is 14.3. The summed E-state index contributed by atoms with van der Waals surface area (Å²) in [5.74, 6) is -1.89. The number of benzene rings is 4. The monoisotopic (exact) mass is 610 g/mol. The van der Waals surface area contributed by atoms with E-state index in [1.165, 1.54) is 12.1 Å². The van der Waals surface area contributed by atoms with Gasteiger partial charge in [-0.05, 0) is 90.2 Å². The first kappa shape index (κ1) is 30.7. The maximum Gasteiger partial charge on any atom is 0.305 e. The number of nitrogens with one attached hydrogen (secondary N) is 1. The second-order valence-electron chi connectivity index (χ2n) is 10.8. The fourth-order valence-electron chi connectivity index (χ4n) is 5.44. The first-order valence-electron chi connectivity index (χ1n) is 14.5. The number of carboxylic acid groups (broad SMARTS) is 1. The highest BCUT2D eigenvalue weighted by atomic mass is 35.5. The Morgan fingerprint density at radius 2 is 1.55 bits per heavy atom. The van der Waals surface area contributed by atoms with Crippen molar-refractivity contribution in [1.29, 1.82) is 0 Å². The smallest absolute Gasteiger partial charge is 0.305 e. The highest BCUT2D eigenvalue weighted by Gasteiger charge is 2.25. The zero-order valence-electron chi connectivity index (χ0n) is 24.2. The lowest BCUT2D eigenvalue weighted by Gasteiger charge is -2.18. The summed E-state index contributed by atoms with van der Waals surface area (Å²) in [6.07, 6.45) is 1.85. The van der Waals surface area contributed by atoms with Crippen LogP contribution in [-0.4, -0.2) is 33.9 Å². The van der Waals surface area contributed by atoms with Gasteiger partial charge in [-0.2, -0.15) is 0 Å². The molecule has 6 nitrogen and oxygen atoms in total. The average Bonchev–Trinajstić information content (AvgIpc) is 3.39. The lowest BCUT2D eigenvalue weighted by atomic mass is 9.89. The van der Waals surface area contributed by atoms with E-state index in [1.54, 1.807) is 24.3 Å². The van der Waals surface area contributed by atoms with Gasteiger partial charge in [-0.1, -0.05) is 61.3 Å². The summed E-state index contributed by atoms with van der Waals surface area (Å²) in [6, 6.07) is 28.7. The van der Waals surface area contributed by atoms with Crippen LogP contribution in [0.4, 0.5) is 4.39 Å². The molecule has 4 aromatic carbocycles. The molecule has 0 aliphatic rings. The van der Waals surface area contributed by atoms with Crippen LogP contribution in [0.1, 0.15) is 52.6 Å². The van der Waals surface area contributed by atoms with Crippen LogP contribution in [-0.2, 0) is 11.2 Å². The Balaban J connectivity index is 1.43. The predicted octanol–water partition coefficient (Wildman–Crippen LogP) is 8.14. The van der Waals surface area contributed by atoms with E-state index in [0.29, 0.717) is 29.1 Å². The van der Waals surface area contributed by atoms with Crippen LogP contribution in [0.25, 0.3) is 27.7 Å². The Labute approximate surface area is 260 Å². The number of ketones is 1. The summed E-state index contributed by atoms with van der Waals surface area (Å²) >= 11 is 6.33. The molecule has 0 radical (unpaired) electrons. The molecular formula is C36H32ClFN2O4. The van der Waals surface area contributed by atoms with Crippen LogP contribution in [0.5, 0.6) is 0 Å². The van der Waals surface area contributed by atoms with Gasteiger partial charge in [0.05, 0.1) is 17.6 Å². The summed E-state index contributed by atoms with van der Waals surface area (Å²) in [7, 11) is 0. The largest absolute Gasteiger partial charge is 0.481 e. The zero-order chi connectivity index (χ0) is 31.2. The van der Waals surface area contributed by atoms with Crippen LogP contribution in [0.3, 0.4) is 0 Å². The SMILES string of the molecule is CCCC(Cc1ccc(C(=O)NCCC(=O)O)cc1)C(=O)c1cc2cc(Cl)ccc2n1-c1ccc(-c2ccc(F)cc2)cc1. The standard InChI is InChI=1S/C36H32ClFN2O4/c1-2-3-27(20-23-4-6-26(7-5-23)36(44)39-19-18-34(41)42)35(43)33-22-28-21-29(37)12-17-32(28)40(33)31-15-10-25(11-16-31)24-8-13-30(38)14-9-24/h4-17,21-22,27H,2-3,18-20H2,1H3,(H,39,44)(H,41,42). The van der Waals surface area contributed by atoms with Crippen LogP contribution in [0.15, 0.2) is 97.1 Å². The Morgan fingerprint density at radius 1 is 0.886 bits per heavy atom. The average molecular weight is 611 g/mol. The molecule has 0 saturated carbocycles. The highest BCUT2D eigenvalue weighted by Crippen LogP contribution is 2.31. The number of amides is 1. The Kier molecular flexibility index (Phi) is 9.56. The molecule has 1 unspecified atom stereocenters. The van der Waals surface area contributed by atoms with E-state index >= 15 is 0 Å². The maximum atomic E-state index is 14.3. The summed E-state index contributed by atoms with van der Waals surface area (Å²) < 4.78 is 15.4. The number of aromatic nitrogens is 1. The molecule has 0 spiro atoms. The normalized spacial score (nSPS) is 11.8. The minimum Gasteiger partial charge on any atom is -0.481 e. The molecule has 2 N–H and O–H groups in total. The molecule has 44 heavy (non-hydrogen) atoms. The van der Waals surface area contributed by atoms with Gasteiger partial charge in [0.2, 0.25) is 0 Å². The molecule has 1 aromatic heterocycles. The number of carboxylic acids is 1. The number of hydrogen-bond donors (Lipinski definition) is 2. The van der Waals surface area contributed by atoms with E-state index in [2.05, 4.69) is 5.32 Å². The van der Waals surface area contributed by atoms with Crippen molar-refractivity contribution >= 4 is 40.2 Å². The fraction of sp³-hybridized carbons (Fsp3) is 0.194. The summed E-state index contributed by atoms with van der Waals surface area (Å²) in [6.45, 7) is 2.10. The third-order valence-corrected chi connectivity index (χ3v) is 7.88. The Bertz CT molecular complexity index is 1800. The second kappa shape index (κ2) is 13.7. The molecule has 0 saturated heterocycles. The minimum atomic E-state index is -0.976. The Hall–Kier alpha value is -4.75. The van der Waals surface area contributed by atoms with Gasteiger partial charge >= 0.3 is 5.97 Å². The number of nitrogens with zero attached hydrogens (tertiary/aromatic N) is 1. The fourth-order valence-corrected chi connectivity index (χ4v) is 5.62. The van der Waals surface area contributed by atoms with E-state index in [0.717, 1.165) is 39.7 Å². The van der Waals surface area contributed by atoms with Gasteiger partial charge in [0.15, 0.2) is 5.78 Å². The third kappa shape index (κ3) is 7.06. The number of halogens is 2. The Morgan fingerprint density at radius 3 is 2.18 bits per heavy atom. The lowest BCUT2D eigenvalue weighted by molar-refractivity contribution is -0.136. The number of carbonyl (C=O) groups is 3. The molecular weight excluding hydrogens is 579 g/mol. The highest BCUT2D eigenvalue weighted by molar-refractivity contribution is 6.31. The van der Waals surface area contributed by atoms with E-state index in [9.17, 15) is 18.8 Å². The van der Waals surface area contributed by atoms with Gasteiger partial charge in [0.1, 0.15) is 5.82 Å². The number of hydrogen-bond acceptors (Lipinski definition) is 3. The van der Waals surface area contributed by atoms with Crippen molar-refractivity contribution in [3.05, 3.63) is 125 Å². The van der Waals surface area contributed by atoms with Crippen LogP contribution in [0.2, 0.25) is 5.02 Å². The molecule has 0 fully saturated rings. The zero-order valence-corrected chi connectivity index (χ0v) is 25.0. The van der Waals surface area contributed by atoms with E-state index in [-0.39, 0.29) is 36.4 Å². The van der Waals surface area contributed by atoms with Crippen LogP contribution < -0.4 is 5.32 Å². The first-order chi connectivity index (χ1) is 21.2.